The molecule has 1 aliphatic rings. The Kier molecular flexibility index (Phi) is 16.1. The molecule has 1 rings (SSSR count). The van der Waals surface area contributed by atoms with Gasteiger partial charge in [-0.1, -0.05) is 86.5 Å². The lowest BCUT2D eigenvalue weighted by atomic mass is 9.86. The van der Waals surface area contributed by atoms with E-state index in [0.29, 0.717) is 12.5 Å². The minimum atomic E-state index is 0.267. The lowest BCUT2D eigenvalue weighted by molar-refractivity contribution is 0.0336. The molecule has 1 aliphatic carbocycles. The largest absolute Gasteiger partial charge is 0.377 e. The fourth-order valence-corrected chi connectivity index (χ4v) is 3.74. The molecule has 0 heterocycles. The molecule has 152 valence electrons. The van der Waals surface area contributed by atoms with Gasteiger partial charge in [0.05, 0.1) is 6.10 Å². The Balaban J connectivity index is 0.000000472. The summed E-state index contributed by atoms with van der Waals surface area (Å²) >= 11 is 0. The highest BCUT2D eigenvalue weighted by atomic mass is 16.5. The number of ether oxygens (including phenoxy) is 1. The maximum atomic E-state index is 5.71. The Bertz CT molecular complexity index is 275. The summed E-state index contributed by atoms with van der Waals surface area (Å²) in [5.41, 5.74) is 5.57. The van der Waals surface area contributed by atoms with Crippen molar-refractivity contribution in [2.75, 3.05) is 13.2 Å². The molecule has 2 heteroatoms. The molecular weight excluding hydrogens is 306 g/mol. The first kappa shape index (κ1) is 24.9. The van der Waals surface area contributed by atoms with Crippen LogP contribution in [0.3, 0.4) is 0 Å². The molecule has 0 aromatic carbocycles. The normalized spacial score (nSPS) is 23.5. The van der Waals surface area contributed by atoms with Gasteiger partial charge >= 0.3 is 0 Å². The lowest BCUT2D eigenvalue weighted by Gasteiger charge is -2.20. The van der Waals surface area contributed by atoms with E-state index in [4.69, 9.17) is 10.5 Å². The molecule has 4 unspecified atom stereocenters. The van der Waals surface area contributed by atoms with Crippen LogP contribution in [0.5, 0.6) is 0 Å². The van der Waals surface area contributed by atoms with Gasteiger partial charge < -0.3 is 10.5 Å². The summed E-state index contributed by atoms with van der Waals surface area (Å²) in [6.45, 7) is 15.3. The zero-order valence-corrected chi connectivity index (χ0v) is 18.4. The van der Waals surface area contributed by atoms with Crippen molar-refractivity contribution in [1.82, 2.24) is 0 Å². The highest BCUT2D eigenvalue weighted by Crippen LogP contribution is 2.31. The average Bonchev–Trinajstić information content (AvgIpc) is 2.81. The molecule has 0 radical (unpaired) electrons. The van der Waals surface area contributed by atoms with Crippen molar-refractivity contribution >= 4 is 0 Å². The standard InChI is InChI=1S/C12H27NO.C11H22/c1-4-6-7-8-11(3)10-14-12(5-2)9-13;1-9(2)11-7-5-4-6-10(3)8-11/h11-12H,4-10,13H2,1-3H3;9-11H,4-8H2,1-3H3. The zero-order valence-electron chi connectivity index (χ0n) is 18.4. The van der Waals surface area contributed by atoms with Crippen LogP contribution in [0.2, 0.25) is 0 Å². The zero-order chi connectivity index (χ0) is 19.1. The van der Waals surface area contributed by atoms with Crippen LogP contribution in [0.1, 0.15) is 106 Å². The predicted molar refractivity (Wildman–Crippen MR) is 113 cm³/mol. The van der Waals surface area contributed by atoms with Crippen LogP contribution in [0.15, 0.2) is 0 Å². The minimum Gasteiger partial charge on any atom is -0.377 e. The van der Waals surface area contributed by atoms with Gasteiger partial charge in [-0.15, -0.1) is 0 Å². The Hall–Kier alpha value is -0.0800. The number of nitrogens with two attached hydrogens (primary N) is 1. The smallest absolute Gasteiger partial charge is 0.0694 e. The van der Waals surface area contributed by atoms with Crippen molar-refractivity contribution in [1.29, 1.82) is 0 Å². The van der Waals surface area contributed by atoms with Crippen LogP contribution in [-0.2, 0) is 4.74 Å². The molecular formula is C23H49NO. The summed E-state index contributed by atoms with van der Waals surface area (Å²) in [5, 5.41) is 0. The topological polar surface area (TPSA) is 35.2 Å². The molecule has 0 aromatic heterocycles. The molecule has 0 saturated heterocycles. The van der Waals surface area contributed by atoms with Crippen LogP contribution in [0.4, 0.5) is 0 Å². The average molecular weight is 356 g/mol. The van der Waals surface area contributed by atoms with Crippen molar-refractivity contribution in [3.05, 3.63) is 0 Å². The van der Waals surface area contributed by atoms with Crippen LogP contribution in [0, 0.1) is 23.7 Å². The molecule has 1 saturated carbocycles. The third-order valence-electron chi connectivity index (χ3n) is 5.80. The highest BCUT2D eigenvalue weighted by molar-refractivity contribution is 4.70. The van der Waals surface area contributed by atoms with Crippen LogP contribution in [-0.4, -0.2) is 19.3 Å². The summed E-state index contributed by atoms with van der Waals surface area (Å²) in [6.07, 6.45) is 14.0. The Morgan fingerprint density at radius 2 is 1.72 bits per heavy atom. The molecule has 0 aromatic rings. The Morgan fingerprint density at radius 1 is 1.04 bits per heavy atom. The summed E-state index contributed by atoms with van der Waals surface area (Å²) < 4.78 is 5.71. The summed E-state index contributed by atoms with van der Waals surface area (Å²) in [7, 11) is 0. The maximum absolute atomic E-state index is 5.71. The van der Waals surface area contributed by atoms with E-state index in [2.05, 4.69) is 41.5 Å². The van der Waals surface area contributed by atoms with Gasteiger partial charge in [0, 0.05) is 13.2 Å². The molecule has 25 heavy (non-hydrogen) atoms. The Morgan fingerprint density at radius 3 is 2.28 bits per heavy atom. The van der Waals surface area contributed by atoms with Crippen molar-refractivity contribution in [2.45, 2.75) is 112 Å². The van der Waals surface area contributed by atoms with E-state index in [0.717, 1.165) is 30.8 Å². The number of rotatable bonds is 10. The van der Waals surface area contributed by atoms with Crippen molar-refractivity contribution in [3.63, 3.8) is 0 Å². The second kappa shape index (κ2) is 16.1. The van der Waals surface area contributed by atoms with E-state index in [1.54, 1.807) is 0 Å². The quantitative estimate of drug-likeness (QED) is 0.345. The van der Waals surface area contributed by atoms with Gasteiger partial charge in [-0.25, -0.2) is 0 Å². The maximum Gasteiger partial charge on any atom is 0.0694 e. The van der Waals surface area contributed by atoms with E-state index >= 15 is 0 Å². The number of hydrogen-bond donors (Lipinski definition) is 1. The third-order valence-corrected chi connectivity index (χ3v) is 5.80. The fraction of sp³-hybridized carbons (Fsp3) is 1.00. The van der Waals surface area contributed by atoms with Gasteiger partial charge in [0.25, 0.3) is 0 Å². The van der Waals surface area contributed by atoms with Gasteiger partial charge in [-0.05, 0) is 42.9 Å². The summed E-state index contributed by atoms with van der Waals surface area (Å²) in [5.74, 6) is 3.61. The van der Waals surface area contributed by atoms with Gasteiger partial charge in [0.2, 0.25) is 0 Å². The first-order valence-corrected chi connectivity index (χ1v) is 11.3. The van der Waals surface area contributed by atoms with Crippen molar-refractivity contribution in [3.8, 4) is 0 Å². The second-order valence-corrected chi connectivity index (χ2v) is 8.83. The van der Waals surface area contributed by atoms with Crippen molar-refractivity contribution < 1.29 is 4.74 Å². The first-order valence-electron chi connectivity index (χ1n) is 11.3. The molecule has 0 amide bonds. The van der Waals surface area contributed by atoms with E-state index in [1.807, 2.05) is 0 Å². The van der Waals surface area contributed by atoms with E-state index in [1.165, 1.54) is 57.8 Å². The third kappa shape index (κ3) is 13.7. The molecule has 0 aliphatic heterocycles. The monoisotopic (exact) mass is 355 g/mol. The lowest BCUT2D eigenvalue weighted by Crippen LogP contribution is -2.25. The fourth-order valence-electron chi connectivity index (χ4n) is 3.74. The highest BCUT2D eigenvalue weighted by Gasteiger charge is 2.19. The first-order chi connectivity index (χ1) is 11.9. The molecule has 1 fully saturated rings. The van der Waals surface area contributed by atoms with Crippen LogP contribution in [0.25, 0.3) is 0 Å². The molecule has 0 bridgehead atoms. The molecule has 2 N–H and O–H groups in total. The SMILES string of the molecule is CC1CCCCC(C(C)C)C1.CCCCCC(C)COC(CC)CN. The number of unbranched alkanes of at least 4 members (excludes halogenated alkanes) is 2. The molecule has 4 atom stereocenters. The predicted octanol–water partition coefficient (Wildman–Crippen LogP) is 6.82. The Labute approximate surface area is 159 Å². The van der Waals surface area contributed by atoms with Crippen LogP contribution < -0.4 is 5.73 Å². The van der Waals surface area contributed by atoms with E-state index in [9.17, 15) is 0 Å². The number of hydrogen-bond acceptors (Lipinski definition) is 2. The van der Waals surface area contributed by atoms with Gasteiger partial charge in [0.15, 0.2) is 0 Å². The van der Waals surface area contributed by atoms with Gasteiger partial charge in [0.1, 0.15) is 0 Å². The molecule has 2 nitrogen and oxygen atoms in total. The van der Waals surface area contributed by atoms with Gasteiger partial charge in [-0.2, -0.15) is 0 Å². The van der Waals surface area contributed by atoms with Gasteiger partial charge in [-0.3, -0.25) is 0 Å². The summed E-state index contributed by atoms with van der Waals surface area (Å²) in [6, 6.07) is 0. The summed E-state index contributed by atoms with van der Waals surface area (Å²) in [4.78, 5) is 0. The van der Waals surface area contributed by atoms with Crippen LogP contribution >= 0.6 is 0 Å². The second-order valence-electron chi connectivity index (χ2n) is 8.83. The molecule has 0 spiro atoms. The van der Waals surface area contributed by atoms with E-state index in [-0.39, 0.29) is 6.10 Å². The van der Waals surface area contributed by atoms with E-state index < -0.39 is 0 Å². The van der Waals surface area contributed by atoms with Crippen molar-refractivity contribution in [2.24, 2.45) is 29.4 Å². The minimum absolute atomic E-state index is 0.267.